The molecule has 0 aliphatic heterocycles. The Balaban J connectivity index is 1.99. The molecule has 4 heteroatoms. The second kappa shape index (κ2) is 6.84. The van der Waals surface area contributed by atoms with Crippen molar-refractivity contribution in [1.82, 2.24) is 4.90 Å². The van der Waals surface area contributed by atoms with Gasteiger partial charge in [-0.25, -0.2) is 0 Å². The van der Waals surface area contributed by atoms with Gasteiger partial charge in [0.2, 0.25) is 5.91 Å². The van der Waals surface area contributed by atoms with Crippen LogP contribution in [0.15, 0.2) is 24.3 Å². The maximum absolute atomic E-state index is 12.4. The highest BCUT2D eigenvalue weighted by molar-refractivity contribution is 7.80. The Hall–Kier alpha value is -1.42. The normalized spacial score (nSPS) is 15.8. The zero-order valence-corrected chi connectivity index (χ0v) is 12.8. The smallest absolute Gasteiger partial charge is 0.225 e. The Morgan fingerprint density at radius 3 is 2.70 bits per heavy atom. The van der Waals surface area contributed by atoms with Crippen LogP contribution in [0.5, 0.6) is 0 Å². The molecule has 2 N–H and O–H groups in total. The average Bonchev–Trinajstić information content (AvgIpc) is 2.47. The van der Waals surface area contributed by atoms with E-state index in [1.807, 2.05) is 36.2 Å². The van der Waals surface area contributed by atoms with E-state index in [0.717, 1.165) is 24.0 Å². The van der Waals surface area contributed by atoms with Crippen LogP contribution in [0, 0.1) is 5.92 Å². The van der Waals surface area contributed by atoms with E-state index in [2.05, 4.69) is 0 Å². The van der Waals surface area contributed by atoms with Crippen molar-refractivity contribution in [3.8, 4) is 0 Å². The predicted octanol–water partition coefficient (Wildman–Crippen LogP) is 2.86. The summed E-state index contributed by atoms with van der Waals surface area (Å²) >= 11 is 4.99. The molecule has 0 heterocycles. The van der Waals surface area contributed by atoms with Gasteiger partial charge in [-0.15, -0.1) is 0 Å². The summed E-state index contributed by atoms with van der Waals surface area (Å²) in [6.07, 6.45) is 5.71. The summed E-state index contributed by atoms with van der Waals surface area (Å²) in [6, 6.07) is 7.80. The van der Waals surface area contributed by atoms with E-state index in [-0.39, 0.29) is 11.8 Å². The van der Waals surface area contributed by atoms with Crippen LogP contribution >= 0.6 is 12.2 Å². The fourth-order valence-electron chi connectivity index (χ4n) is 2.84. The monoisotopic (exact) mass is 290 g/mol. The summed E-state index contributed by atoms with van der Waals surface area (Å²) in [5, 5.41) is 0. The zero-order chi connectivity index (χ0) is 14.5. The van der Waals surface area contributed by atoms with E-state index >= 15 is 0 Å². The first-order valence-electron chi connectivity index (χ1n) is 7.21. The van der Waals surface area contributed by atoms with Crippen molar-refractivity contribution >= 4 is 23.1 Å². The minimum Gasteiger partial charge on any atom is -0.389 e. The van der Waals surface area contributed by atoms with Gasteiger partial charge in [0.25, 0.3) is 0 Å². The maximum atomic E-state index is 12.4. The highest BCUT2D eigenvalue weighted by Crippen LogP contribution is 2.25. The molecule has 0 saturated heterocycles. The minimum atomic E-state index is 0.215. The van der Waals surface area contributed by atoms with Crippen molar-refractivity contribution in [3.63, 3.8) is 0 Å². The molecule has 2 rings (SSSR count). The molecule has 1 aliphatic carbocycles. The van der Waals surface area contributed by atoms with Crippen LogP contribution in [-0.2, 0) is 11.3 Å². The number of carbonyl (C=O) groups excluding carboxylic acids is 1. The number of hydrogen-bond donors (Lipinski definition) is 1. The molecule has 3 nitrogen and oxygen atoms in total. The van der Waals surface area contributed by atoms with Gasteiger partial charge in [-0.3, -0.25) is 4.79 Å². The topological polar surface area (TPSA) is 46.3 Å². The predicted molar refractivity (Wildman–Crippen MR) is 85.4 cm³/mol. The molecule has 1 saturated carbocycles. The van der Waals surface area contributed by atoms with Crippen molar-refractivity contribution in [2.24, 2.45) is 11.7 Å². The van der Waals surface area contributed by atoms with Gasteiger partial charge in [0.15, 0.2) is 0 Å². The van der Waals surface area contributed by atoms with Crippen molar-refractivity contribution in [2.45, 2.75) is 38.6 Å². The van der Waals surface area contributed by atoms with Gasteiger partial charge in [0.1, 0.15) is 4.99 Å². The molecule has 1 aromatic carbocycles. The number of nitrogens with two attached hydrogens (primary N) is 1. The molecule has 1 amide bonds. The molecular weight excluding hydrogens is 268 g/mol. The first kappa shape index (κ1) is 15.0. The van der Waals surface area contributed by atoms with Crippen molar-refractivity contribution in [2.75, 3.05) is 7.05 Å². The summed E-state index contributed by atoms with van der Waals surface area (Å²) in [6.45, 7) is 0.617. The lowest BCUT2D eigenvalue weighted by Gasteiger charge is -2.26. The van der Waals surface area contributed by atoms with E-state index in [1.165, 1.54) is 19.3 Å². The van der Waals surface area contributed by atoms with Gasteiger partial charge in [0, 0.05) is 25.1 Å². The van der Waals surface area contributed by atoms with E-state index < -0.39 is 0 Å². The largest absolute Gasteiger partial charge is 0.389 e. The van der Waals surface area contributed by atoms with Gasteiger partial charge in [-0.1, -0.05) is 49.7 Å². The second-order valence-electron chi connectivity index (χ2n) is 5.59. The fraction of sp³-hybridized carbons (Fsp3) is 0.500. The Morgan fingerprint density at radius 2 is 2.05 bits per heavy atom. The molecule has 0 radical (unpaired) electrons. The number of thiocarbonyl (C=S) groups is 1. The van der Waals surface area contributed by atoms with E-state index in [0.29, 0.717) is 11.5 Å². The lowest BCUT2D eigenvalue weighted by Crippen LogP contribution is -2.33. The van der Waals surface area contributed by atoms with Crippen molar-refractivity contribution in [1.29, 1.82) is 0 Å². The Bertz CT molecular complexity index is 495. The van der Waals surface area contributed by atoms with Crippen LogP contribution < -0.4 is 5.73 Å². The highest BCUT2D eigenvalue weighted by atomic mass is 32.1. The zero-order valence-electron chi connectivity index (χ0n) is 12.0. The van der Waals surface area contributed by atoms with E-state index in [9.17, 15) is 4.79 Å². The molecule has 0 atom stereocenters. The first-order valence-corrected chi connectivity index (χ1v) is 7.62. The van der Waals surface area contributed by atoms with Crippen LogP contribution in [0.25, 0.3) is 0 Å². The lowest BCUT2D eigenvalue weighted by molar-refractivity contribution is -0.135. The Morgan fingerprint density at radius 1 is 1.35 bits per heavy atom. The summed E-state index contributed by atoms with van der Waals surface area (Å²) in [7, 11) is 1.88. The third-order valence-corrected chi connectivity index (χ3v) is 4.20. The van der Waals surface area contributed by atoms with Crippen molar-refractivity contribution < 1.29 is 4.79 Å². The summed E-state index contributed by atoms with van der Waals surface area (Å²) in [5.74, 6) is 0.484. The van der Waals surface area contributed by atoms with Crippen LogP contribution in [0.2, 0.25) is 0 Å². The average molecular weight is 290 g/mol. The minimum absolute atomic E-state index is 0.215. The fourth-order valence-corrected chi connectivity index (χ4v) is 2.96. The number of hydrogen-bond acceptors (Lipinski definition) is 2. The van der Waals surface area contributed by atoms with Crippen LogP contribution in [0.4, 0.5) is 0 Å². The summed E-state index contributed by atoms with van der Waals surface area (Å²) in [5.41, 5.74) is 7.57. The van der Waals surface area contributed by atoms with Crippen LogP contribution in [-0.4, -0.2) is 22.8 Å². The van der Waals surface area contributed by atoms with Crippen LogP contribution in [0.1, 0.15) is 43.2 Å². The molecule has 1 aliphatic rings. The highest BCUT2D eigenvalue weighted by Gasteiger charge is 2.23. The SMILES string of the molecule is CN(Cc1cccc(C(N)=S)c1)C(=O)C1CCCCC1. The van der Waals surface area contributed by atoms with Gasteiger partial charge in [-0.2, -0.15) is 0 Å². The lowest BCUT2D eigenvalue weighted by atomic mass is 9.88. The molecule has 1 fully saturated rings. The molecule has 108 valence electrons. The first-order chi connectivity index (χ1) is 9.58. The van der Waals surface area contributed by atoms with Crippen molar-refractivity contribution in [3.05, 3.63) is 35.4 Å². The van der Waals surface area contributed by atoms with E-state index in [1.54, 1.807) is 0 Å². The maximum Gasteiger partial charge on any atom is 0.225 e. The van der Waals surface area contributed by atoms with Gasteiger partial charge in [-0.05, 0) is 24.5 Å². The molecule has 0 spiro atoms. The molecule has 20 heavy (non-hydrogen) atoms. The number of nitrogens with zero attached hydrogens (tertiary/aromatic N) is 1. The molecule has 0 bridgehead atoms. The third kappa shape index (κ3) is 3.79. The van der Waals surface area contributed by atoms with Crippen LogP contribution in [0.3, 0.4) is 0 Å². The number of carbonyl (C=O) groups is 1. The Kier molecular flexibility index (Phi) is 5.12. The quantitative estimate of drug-likeness (QED) is 0.867. The molecule has 1 aromatic rings. The molecule has 0 aromatic heterocycles. The van der Waals surface area contributed by atoms with Gasteiger partial charge in [0.05, 0.1) is 0 Å². The summed E-state index contributed by atoms with van der Waals surface area (Å²) < 4.78 is 0. The Labute approximate surface area is 126 Å². The number of rotatable bonds is 4. The standard InChI is InChI=1S/C16H22N2OS/c1-18(16(19)13-7-3-2-4-8-13)11-12-6-5-9-14(10-12)15(17)20/h5-6,9-10,13H,2-4,7-8,11H2,1H3,(H2,17,20). The molecular formula is C16H22N2OS. The second-order valence-corrected chi connectivity index (χ2v) is 6.03. The van der Waals surface area contributed by atoms with E-state index in [4.69, 9.17) is 18.0 Å². The number of benzene rings is 1. The van der Waals surface area contributed by atoms with Gasteiger partial charge >= 0.3 is 0 Å². The van der Waals surface area contributed by atoms with Gasteiger partial charge < -0.3 is 10.6 Å². The number of amides is 1. The summed E-state index contributed by atoms with van der Waals surface area (Å²) in [4.78, 5) is 14.6. The third-order valence-electron chi connectivity index (χ3n) is 3.96. The molecule has 0 unspecified atom stereocenters.